The van der Waals surface area contributed by atoms with Crippen LogP contribution in [0.5, 0.6) is 0 Å². The minimum atomic E-state index is -1.15. The number of ether oxygens (including phenoxy) is 1. The van der Waals surface area contributed by atoms with Crippen LogP contribution in [0.4, 0.5) is 4.79 Å². The number of carbonyl (C=O) groups excluding carboxylic acids is 1. The van der Waals surface area contributed by atoms with E-state index >= 15 is 0 Å². The predicted molar refractivity (Wildman–Crippen MR) is 89.5 cm³/mol. The molecule has 23 heavy (non-hydrogen) atoms. The van der Waals surface area contributed by atoms with Crippen LogP contribution in [0.1, 0.15) is 31.6 Å². The van der Waals surface area contributed by atoms with E-state index in [4.69, 9.17) is 4.74 Å². The van der Waals surface area contributed by atoms with Gasteiger partial charge in [-0.05, 0) is 26.3 Å². The Morgan fingerprint density at radius 2 is 1.87 bits per heavy atom. The van der Waals surface area contributed by atoms with Crippen molar-refractivity contribution in [3.8, 4) is 0 Å². The number of aliphatic hydroxyl groups is 1. The van der Waals surface area contributed by atoms with E-state index in [-0.39, 0.29) is 17.6 Å². The lowest BCUT2D eigenvalue weighted by atomic mass is 10.2. The zero-order valence-electron chi connectivity index (χ0n) is 13.5. The molecule has 3 N–H and O–H groups in total. The number of nitrogens with one attached hydrogen (secondary N) is 1. The number of rotatable bonds is 7. The molecule has 7 heteroatoms. The van der Waals surface area contributed by atoms with Gasteiger partial charge in [-0.2, -0.15) is 0 Å². The molecule has 6 nitrogen and oxygen atoms in total. The number of aliphatic carboxylic acids is 1. The fourth-order valence-corrected chi connectivity index (χ4v) is 2.86. The third-order valence-corrected chi connectivity index (χ3v) is 4.14. The topological polar surface area (TPSA) is 95.9 Å². The molecule has 0 radical (unpaired) electrons. The second kappa shape index (κ2) is 8.79. The molecule has 1 amide bonds. The number of amides is 1. The molecule has 0 aliphatic heterocycles. The van der Waals surface area contributed by atoms with Gasteiger partial charge in [0.05, 0.1) is 11.9 Å². The smallest absolute Gasteiger partial charge is 0.408 e. The number of thioether (sulfide) groups is 1. The van der Waals surface area contributed by atoms with Crippen molar-refractivity contribution in [2.45, 2.75) is 37.7 Å². The summed E-state index contributed by atoms with van der Waals surface area (Å²) >= 11 is 1.27. The van der Waals surface area contributed by atoms with Gasteiger partial charge in [-0.25, -0.2) is 9.59 Å². The lowest BCUT2D eigenvalue weighted by molar-refractivity contribution is -0.138. The SMILES string of the molecule is CC(C)(C)OC(=O)N[C@@H](CSC(CO)c1ccccc1)C(=O)O. The summed E-state index contributed by atoms with van der Waals surface area (Å²) < 4.78 is 5.06. The summed E-state index contributed by atoms with van der Waals surface area (Å²) in [4.78, 5) is 23.0. The minimum Gasteiger partial charge on any atom is -0.480 e. The Labute approximate surface area is 140 Å². The maximum Gasteiger partial charge on any atom is 0.408 e. The van der Waals surface area contributed by atoms with Gasteiger partial charge in [0, 0.05) is 5.75 Å². The number of carboxylic acids is 1. The van der Waals surface area contributed by atoms with Crippen LogP contribution in [0.15, 0.2) is 30.3 Å². The summed E-state index contributed by atoms with van der Waals surface area (Å²) in [5.74, 6) is -1.03. The van der Waals surface area contributed by atoms with Gasteiger partial charge in [0.25, 0.3) is 0 Å². The first-order chi connectivity index (χ1) is 10.7. The molecule has 1 aromatic rings. The maximum absolute atomic E-state index is 11.7. The first-order valence-corrected chi connectivity index (χ1v) is 8.27. The van der Waals surface area contributed by atoms with E-state index in [0.717, 1.165) is 5.56 Å². The zero-order chi connectivity index (χ0) is 17.5. The van der Waals surface area contributed by atoms with E-state index in [1.807, 2.05) is 30.3 Å². The standard InChI is InChI=1S/C16H23NO5S/c1-16(2,3)22-15(21)17-12(14(19)20)10-23-13(9-18)11-7-5-4-6-8-11/h4-8,12-13,18H,9-10H2,1-3H3,(H,17,21)(H,19,20)/t12-,13?/m0/s1. The Kier molecular flexibility index (Phi) is 7.38. The molecule has 0 fully saturated rings. The number of benzene rings is 1. The van der Waals surface area contributed by atoms with Crippen molar-refractivity contribution in [2.24, 2.45) is 0 Å². The maximum atomic E-state index is 11.7. The van der Waals surface area contributed by atoms with Crippen molar-refractivity contribution in [3.05, 3.63) is 35.9 Å². The summed E-state index contributed by atoms with van der Waals surface area (Å²) in [6.07, 6.45) is -0.772. The van der Waals surface area contributed by atoms with Gasteiger partial charge in [0.1, 0.15) is 11.6 Å². The molecule has 128 valence electrons. The van der Waals surface area contributed by atoms with Crippen LogP contribution in [0.3, 0.4) is 0 Å². The number of carboxylic acid groups (broad SMARTS) is 1. The Balaban J connectivity index is 2.62. The average Bonchev–Trinajstić information content (AvgIpc) is 2.45. The van der Waals surface area contributed by atoms with Crippen molar-refractivity contribution in [2.75, 3.05) is 12.4 Å². The number of aliphatic hydroxyl groups excluding tert-OH is 1. The molecule has 1 rings (SSSR count). The van der Waals surface area contributed by atoms with Crippen molar-refractivity contribution < 1.29 is 24.5 Å². The van der Waals surface area contributed by atoms with Crippen LogP contribution in [-0.2, 0) is 9.53 Å². The van der Waals surface area contributed by atoms with Gasteiger partial charge in [0.2, 0.25) is 0 Å². The van der Waals surface area contributed by atoms with Crippen molar-refractivity contribution >= 4 is 23.8 Å². The van der Waals surface area contributed by atoms with Gasteiger partial charge in [-0.15, -0.1) is 11.8 Å². The van der Waals surface area contributed by atoms with E-state index in [2.05, 4.69) is 5.32 Å². The third-order valence-electron chi connectivity index (χ3n) is 2.79. The molecule has 2 atom stereocenters. The highest BCUT2D eigenvalue weighted by atomic mass is 32.2. The fraction of sp³-hybridized carbons (Fsp3) is 0.500. The highest BCUT2D eigenvalue weighted by Gasteiger charge is 2.25. The molecule has 0 heterocycles. The highest BCUT2D eigenvalue weighted by molar-refractivity contribution is 7.99. The van der Waals surface area contributed by atoms with Gasteiger partial charge >= 0.3 is 12.1 Å². The predicted octanol–water partition coefficient (Wildman–Crippen LogP) is 2.43. The normalized spacial score (nSPS) is 13.9. The molecule has 0 aliphatic rings. The Morgan fingerprint density at radius 1 is 1.26 bits per heavy atom. The van der Waals surface area contributed by atoms with Crippen LogP contribution < -0.4 is 5.32 Å². The monoisotopic (exact) mass is 341 g/mol. The average molecular weight is 341 g/mol. The second-order valence-electron chi connectivity index (χ2n) is 5.95. The van der Waals surface area contributed by atoms with Gasteiger partial charge < -0.3 is 20.3 Å². The fourth-order valence-electron chi connectivity index (χ4n) is 1.76. The van der Waals surface area contributed by atoms with Crippen molar-refractivity contribution in [1.29, 1.82) is 0 Å². The molecule has 0 aliphatic carbocycles. The van der Waals surface area contributed by atoms with Crippen LogP contribution in [-0.4, -0.2) is 46.3 Å². The number of hydrogen-bond acceptors (Lipinski definition) is 5. The largest absolute Gasteiger partial charge is 0.480 e. The summed E-state index contributed by atoms with van der Waals surface area (Å²) in [7, 11) is 0. The first-order valence-electron chi connectivity index (χ1n) is 7.22. The van der Waals surface area contributed by atoms with E-state index in [9.17, 15) is 19.8 Å². The van der Waals surface area contributed by atoms with Gasteiger partial charge in [-0.1, -0.05) is 30.3 Å². The molecule has 0 bridgehead atoms. The minimum absolute atomic E-state index is 0.118. The number of hydrogen-bond donors (Lipinski definition) is 3. The van der Waals surface area contributed by atoms with Gasteiger partial charge in [-0.3, -0.25) is 0 Å². The molecule has 1 unspecified atom stereocenters. The number of carbonyl (C=O) groups is 2. The van der Waals surface area contributed by atoms with Crippen molar-refractivity contribution in [1.82, 2.24) is 5.32 Å². The van der Waals surface area contributed by atoms with E-state index in [0.29, 0.717) is 0 Å². The summed E-state index contributed by atoms with van der Waals surface area (Å²) in [6.45, 7) is 4.99. The molecule has 1 aromatic carbocycles. The Morgan fingerprint density at radius 3 is 2.35 bits per heavy atom. The second-order valence-corrected chi connectivity index (χ2v) is 7.19. The van der Waals surface area contributed by atoms with Crippen LogP contribution in [0, 0.1) is 0 Å². The molecule has 0 spiro atoms. The highest BCUT2D eigenvalue weighted by Crippen LogP contribution is 2.28. The van der Waals surface area contributed by atoms with Crippen LogP contribution >= 0.6 is 11.8 Å². The lowest BCUT2D eigenvalue weighted by Gasteiger charge is -2.22. The van der Waals surface area contributed by atoms with E-state index < -0.39 is 23.7 Å². The zero-order valence-corrected chi connectivity index (χ0v) is 14.3. The Bertz CT molecular complexity index is 515. The first kappa shape index (κ1) is 19.3. The molecule has 0 saturated carbocycles. The van der Waals surface area contributed by atoms with Crippen molar-refractivity contribution in [3.63, 3.8) is 0 Å². The summed E-state index contributed by atoms with van der Waals surface area (Å²) in [6, 6.07) is 8.22. The lowest BCUT2D eigenvalue weighted by Crippen LogP contribution is -2.45. The van der Waals surface area contributed by atoms with E-state index in [1.54, 1.807) is 20.8 Å². The third kappa shape index (κ3) is 7.38. The molecular formula is C16H23NO5S. The van der Waals surface area contributed by atoms with E-state index in [1.165, 1.54) is 11.8 Å². The Hall–Kier alpha value is -1.73. The van der Waals surface area contributed by atoms with Crippen LogP contribution in [0.25, 0.3) is 0 Å². The van der Waals surface area contributed by atoms with Gasteiger partial charge in [0.15, 0.2) is 0 Å². The number of alkyl carbamates (subject to hydrolysis) is 1. The molecular weight excluding hydrogens is 318 g/mol. The molecule has 0 aromatic heterocycles. The molecule has 0 saturated heterocycles. The summed E-state index contributed by atoms with van der Waals surface area (Å²) in [5, 5.41) is 20.8. The quantitative estimate of drug-likeness (QED) is 0.705. The summed E-state index contributed by atoms with van der Waals surface area (Å²) in [5.41, 5.74) is 0.208. The van der Waals surface area contributed by atoms with Crippen LogP contribution in [0.2, 0.25) is 0 Å².